The van der Waals surface area contributed by atoms with Crippen LogP contribution in [0.5, 0.6) is 0 Å². The summed E-state index contributed by atoms with van der Waals surface area (Å²) in [5.74, 6) is 3.05. The van der Waals surface area contributed by atoms with Crippen molar-refractivity contribution in [1.82, 2.24) is 33.9 Å². The molecule has 0 radical (unpaired) electrons. The molecule has 7 nitrogen and oxygen atoms in total. The summed E-state index contributed by atoms with van der Waals surface area (Å²) < 4.78 is 6.55. The van der Waals surface area contributed by atoms with E-state index in [9.17, 15) is 0 Å². The van der Waals surface area contributed by atoms with Crippen LogP contribution in [0.4, 0.5) is 0 Å². The van der Waals surface area contributed by atoms with Gasteiger partial charge in [-0.1, -0.05) is 115 Å². The molecule has 0 unspecified atom stereocenters. The van der Waals surface area contributed by atoms with Crippen LogP contribution in [0.25, 0.3) is 94.8 Å². The van der Waals surface area contributed by atoms with Gasteiger partial charge in [0.15, 0.2) is 11.6 Å². The largest absolute Gasteiger partial charge is 0.294 e. The maximum absolute atomic E-state index is 5.04. The van der Waals surface area contributed by atoms with E-state index in [1.165, 1.54) is 21.5 Å². The quantitative estimate of drug-likeness (QED) is 0.173. The molecule has 0 aliphatic heterocycles. The van der Waals surface area contributed by atoms with Gasteiger partial charge in [0.25, 0.3) is 0 Å². The standard InChI is InChI=1S/C48H31N7/c1-2-13-32(14-3-1)33-15-12-16-36(29-33)53-47(34-25-27-45(49-30-34)54-41-21-8-4-17-37(41)38-18-5-9-22-42(38)54)51-52-48(53)35-26-28-46(50-31-35)55-43-23-10-6-19-39(43)40-20-7-11-24-44(40)55/h1-31H. The summed E-state index contributed by atoms with van der Waals surface area (Å²) in [7, 11) is 0. The van der Waals surface area contributed by atoms with Crippen molar-refractivity contribution in [3.8, 4) is 51.2 Å². The van der Waals surface area contributed by atoms with Crippen LogP contribution in [0.15, 0.2) is 188 Å². The van der Waals surface area contributed by atoms with Crippen molar-refractivity contribution < 1.29 is 0 Å². The molecule has 0 saturated heterocycles. The molecule has 258 valence electrons. The maximum Gasteiger partial charge on any atom is 0.170 e. The van der Waals surface area contributed by atoms with Crippen molar-refractivity contribution >= 4 is 43.6 Å². The average molecular weight is 706 g/mol. The lowest BCUT2D eigenvalue weighted by Gasteiger charge is -2.14. The summed E-state index contributed by atoms with van der Waals surface area (Å²) in [4.78, 5) is 10.1. The van der Waals surface area contributed by atoms with E-state index in [2.05, 4.69) is 184 Å². The Hall–Kier alpha value is -7.64. The molecule has 0 atom stereocenters. The molecule has 5 aromatic heterocycles. The molecule has 55 heavy (non-hydrogen) atoms. The van der Waals surface area contributed by atoms with Crippen molar-refractivity contribution in [2.24, 2.45) is 0 Å². The Morgan fingerprint density at radius 3 is 1.16 bits per heavy atom. The Morgan fingerprint density at radius 1 is 0.309 bits per heavy atom. The highest BCUT2D eigenvalue weighted by molar-refractivity contribution is 6.10. The minimum absolute atomic E-state index is 0.688. The Bertz CT molecular complexity index is 2910. The molecule has 5 heterocycles. The first-order valence-electron chi connectivity index (χ1n) is 18.3. The number of hydrogen-bond donors (Lipinski definition) is 0. The van der Waals surface area contributed by atoms with Crippen LogP contribution in [0, 0.1) is 0 Å². The highest BCUT2D eigenvalue weighted by Gasteiger charge is 2.20. The lowest BCUT2D eigenvalue weighted by Crippen LogP contribution is -2.03. The van der Waals surface area contributed by atoms with Gasteiger partial charge in [-0.15, -0.1) is 10.2 Å². The van der Waals surface area contributed by atoms with Gasteiger partial charge in [-0.3, -0.25) is 13.7 Å². The van der Waals surface area contributed by atoms with Gasteiger partial charge in [0.1, 0.15) is 11.6 Å². The summed E-state index contributed by atoms with van der Waals surface area (Å²) in [5.41, 5.74) is 9.33. The number of pyridine rings is 2. The van der Waals surface area contributed by atoms with Crippen molar-refractivity contribution in [3.63, 3.8) is 0 Å². The molecule has 0 aliphatic carbocycles. The van der Waals surface area contributed by atoms with Gasteiger partial charge in [-0.05, 0) is 71.8 Å². The zero-order chi connectivity index (χ0) is 36.3. The molecule has 0 amide bonds. The fourth-order valence-corrected chi connectivity index (χ4v) is 8.00. The Labute approximate surface area is 316 Å². The minimum atomic E-state index is 0.688. The van der Waals surface area contributed by atoms with Crippen molar-refractivity contribution in [2.45, 2.75) is 0 Å². The minimum Gasteiger partial charge on any atom is -0.294 e. The summed E-state index contributed by atoms with van der Waals surface area (Å²) in [6.07, 6.45) is 3.79. The summed E-state index contributed by atoms with van der Waals surface area (Å²) in [5, 5.41) is 14.4. The fraction of sp³-hybridized carbons (Fsp3) is 0. The zero-order valence-electron chi connectivity index (χ0n) is 29.5. The molecule has 0 N–H and O–H groups in total. The second-order valence-electron chi connectivity index (χ2n) is 13.6. The molecule has 11 rings (SSSR count). The van der Waals surface area contributed by atoms with E-state index in [1.807, 2.05) is 18.5 Å². The van der Waals surface area contributed by atoms with Crippen LogP contribution in [-0.4, -0.2) is 33.9 Å². The van der Waals surface area contributed by atoms with Gasteiger partial charge in [0.2, 0.25) is 0 Å². The van der Waals surface area contributed by atoms with Crippen molar-refractivity contribution in [3.05, 3.63) is 188 Å². The second kappa shape index (κ2) is 12.5. The predicted molar refractivity (Wildman–Crippen MR) is 222 cm³/mol. The first kappa shape index (κ1) is 30.9. The van der Waals surface area contributed by atoms with E-state index in [4.69, 9.17) is 20.2 Å². The first-order valence-corrected chi connectivity index (χ1v) is 18.3. The molecular weight excluding hydrogens is 675 g/mol. The second-order valence-corrected chi connectivity index (χ2v) is 13.6. The summed E-state index contributed by atoms with van der Waals surface area (Å²) >= 11 is 0. The molecule has 6 aromatic carbocycles. The van der Waals surface area contributed by atoms with Gasteiger partial charge in [-0.25, -0.2) is 9.97 Å². The third-order valence-electron chi connectivity index (χ3n) is 10.5. The van der Waals surface area contributed by atoms with Gasteiger partial charge in [0, 0.05) is 50.8 Å². The molecule has 0 spiro atoms. The summed E-state index contributed by atoms with van der Waals surface area (Å²) in [6, 6.07) is 61.1. The summed E-state index contributed by atoms with van der Waals surface area (Å²) in [6.45, 7) is 0. The van der Waals surface area contributed by atoms with Gasteiger partial charge in [-0.2, -0.15) is 0 Å². The van der Waals surface area contributed by atoms with Crippen LogP contribution in [-0.2, 0) is 0 Å². The van der Waals surface area contributed by atoms with Crippen LogP contribution < -0.4 is 0 Å². The zero-order valence-corrected chi connectivity index (χ0v) is 29.5. The lowest BCUT2D eigenvalue weighted by atomic mass is 10.0. The fourth-order valence-electron chi connectivity index (χ4n) is 8.00. The molecule has 7 heteroatoms. The molecule has 0 saturated carbocycles. The third kappa shape index (κ3) is 4.98. The van der Waals surface area contributed by atoms with Crippen LogP contribution in [0.1, 0.15) is 0 Å². The van der Waals surface area contributed by atoms with Crippen LogP contribution >= 0.6 is 0 Å². The number of nitrogens with zero attached hydrogens (tertiary/aromatic N) is 7. The maximum atomic E-state index is 5.04. The highest BCUT2D eigenvalue weighted by atomic mass is 15.3. The van der Waals surface area contributed by atoms with E-state index in [0.717, 1.165) is 61.6 Å². The number of rotatable bonds is 6. The van der Waals surface area contributed by atoms with E-state index in [0.29, 0.717) is 11.6 Å². The van der Waals surface area contributed by atoms with Gasteiger partial charge < -0.3 is 0 Å². The number of fused-ring (bicyclic) bond motifs is 6. The van der Waals surface area contributed by atoms with Crippen LogP contribution in [0.3, 0.4) is 0 Å². The number of aromatic nitrogens is 7. The first-order chi connectivity index (χ1) is 27.3. The number of para-hydroxylation sites is 4. The van der Waals surface area contributed by atoms with Crippen molar-refractivity contribution in [1.29, 1.82) is 0 Å². The van der Waals surface area contributed by atoms with Gasteiger partial charge >= 0.3 is 0 Å². The smallest absolute Gasteiger partial charge is 0.170 e. The normalized spacial score (nSPS) is 11.6. The van der Waals surface area contributed by atoms with E-state index < -0.39 is 0 Å². The van der Waals surface area contributed by atoms with E-state index >= 15 is 0 Å². The number of hydrogen-bond acceptors (Lipinski definition) is 4. The molecule has 0 bridgehead atoms. The molecule has 0 aliphatic rings. The monoisotopic (exact) mass is 705 g/mol. The Morgan fingerprint density at radius 2 is 0.727 bits per heavy atom. The van der Waals surface area contributed by atoms with Crippen LogP contribution in [0.2, 0.25) is 0 Å². The molecule has 11 aromatic rings. The topological polar surface area (TPSA) is 66.3 Å². The molecular formula is C48H31N7. The average Bonchev–Trinajstić information content (AvgIpc) is 3.95. The highest BCUT2D eigenvalue weighted by Crippen LogP contribution is 2.35. The van der Waals surface area contributed by atoms with E-state index in [-0.39, 0.29) is 0 Å². The SMILES string of the molecule is c1ccc(-c2cccc(-n3c(-c4ccc(-n5c6ccccc6c6ccccc65)nc4)nnc3-c3ccc(-n4c5ccccc5c5ccccc54)nc3)c2)cc1. The lowest BCUT2D eigenvalue weighted by molar-refractivity contribution is 1.04. The Balaban J connectivity index is 1.05. The van der Waals surface area contributed by atoms with Gasteiger partial charge in [0.05, 0.1) is 22.1 Å². The van der Waals surface area contributed by atoms with Crippen molar-refractivity contribution in [2.75, 3.05) is 0 Å². The number of benzene rings is 6. The third-order valence-corrected chi connectivity index (χ3v) is 10.5. The molecule has 0 fully saturated rings. The van der Waals surface area contributed by atoms with E-state index in [1.54, 1.807) is 0 Å². The predicted octanol–water partition coefficient (Wildman–Crippen LogP) is 11.3. The Kier molecular flexibility index (Phi) is 7.03.